The van der Waals surface area contributed by atoms with Gasteiger partial charge >= 0.3 is 5.97 Å². The second-order valence-corrected chi connectivity index (χ2v) is 4.63. The minimum absolute atomic E-state index is 0.0575. The highest BCUT2D eigenvalue weighted by molar-refractivity contribution is 5.96. The lowest BCUT2D eigenvalue weighted by molar-refractivity contribution is 0.0602. The molecule has 0 heterocycles. The van der Waals surface area contributed by atoms with Gasteiger partial charge in [-0.1, -0.05) is 0 Å². The van der Waals surface area contributed by atoms with Crippen molar-refractivity contribution in [1.29, 1.82) is 0 Å². The number of anilines is 2. The number of carbonyl (C=O) groups excluding carboxylic acids is 1. The maximum atomic E-state index is 13.8. The van der Waals surface area contributed by atoms with Crippen molar-refractivity contribution in [2.75, 3.05) is 58.6 Å². The van der Waals surface area contributed by atoms with Crippen molar-refractivity contribution < 1.29 is 18.7 Å². The van der Waals surface area contributed by atoms with E-state index in [0.29, 0.717) is 19.7 Å². The van der Waals surface area contributed by atoms with E-state index in [-0.39, 0.29) is 16.9 Å². The summed E-state index contributed by atoms with van der Waals surface area (Å²) in [6.45, 7) is 2.66. The van der Waals surface area contributed by atoms with Gasteiger partial charge in [-0.05, 0) is 19.2 Å². The second-order valence-electron chi connectivity index (χ2n) is 4.63. The molecule has 1 aromatic rings. The predicted molar refractivity (Wildman–Crippen MR) is 80.0 cm³/mol. The molecule has 0 amide bonds. The number of nitrogens with two attached hydrogens (primary N) is 1. The summed E-state index contributed by atoms with van der Waals surface area (Å²) >= 11 is 0. The van der Waals surface area contributed by atoms with E-state index in [1.54, 1.807) is 7.11 Å². The SMILES string of the molecule is COCCN(C)CCNc1cc(C(=O)OC)c(N)cc1F. The number of esters is 1. The quantitative estimate of drug-likeness (QED) is 0.554. The van der Waals surface area contributed by atoms with Gasteiger partial charge in [0.05, 0.1) is 25.0 Å². The van der Waals surface area contributed by atoms with E-state index in [9.17, 15) is 9.18 Å². The van der Waals surface area contributed by atoms with Crippen LogP contribution in [0.3, 0.4) is 0 Å². The van der Waals surface area contributed by atoms with E-state index in [0.717, 1.165) is 12.6 Å². The van der Waals surface area contributed by atoms with Crippen molar-refractivity contribution in [2.45, 2.75) is 0 Å². The Morgan fingerprint density at radius 3 is 2.71 bits per heavy atom. The van der Waals surface area contributed by atoms with Crippen LogP contribution in [-0.2, 0) is 9.47 Å². The number of rotatable bonds is 8. The molecule has 0 unspecified atom stereocenters. The summed E-state index contributed by atoms with van der Waals surface area (Å²) < 4.78 is 23.4. The Morgan fingerprint density at radius 1 is 1.38 bits per heavy atom. The molecule has 0 aliphatic rings. The van der Waals surface area contributed by atoms with Crippen molar-refractivity contribution in [3.63, 3.8) is 0 Å². The highest BCUT2D eigenvalue weighted by Gasteiger charge is 2.14. The van der Waals surface area contributed by atoms with Gasteiger partial charge in [-0.3, -0.25) is 0 Å². The molecule has 1 aromatic carbocycles. The number of nitrogens with zero attached hydrogens (tertiary/aromatic N) is 1. The first kappa shape index (κ1) is 17.2. The zero-order valence-electron chi connectivity index (χ0n) is 12.6. The van der Waals surface area contributed by atoms with Crippen LogP contribution in [0.25, 0.3) is 0 Å². The van der Waals surface area contributed by atoms with Crippen molar-refractivity contribution >= 4 is 17.3 Å². The van der Waals surface area contributed by atoms with E-state index in [4.69, 9.17) is 10.5 Å². The molecular weight excluding hydrogens is 277 g/mol. The third-order valence-electron chi connectivity index (χ3n) is 3.03. The lowest BCUT2D eigenvalue weighted by Crippen LogP contribution is -2.28. The lowest BCUT2D eigenvalue weighted by Gasteiger charge is -2.17. The van der Waals surface area contributed by atoms with Gasteiger partial charge in [0, 0.05) is 32.4 Å². The van der Waals surface area contributed by atoms with Crippen LogP contribution in [0.2, 0.25) is 0 Å². The van der Waals surface area contributed by atoms with Crippen molar-refractivity contribution in [1.82, 2.24) is 4.90 Å². The monoisotopic (exact) mass is 299 g/mol. The fourth-order valence-corrected chi connectivity index (χ4v) is 1.75. The molecule has 0 fully saturated rings. The van der Waals surface area contributed by atoms with Gasteiger partial charge in [0.25, 0.3) is 0 Å². The first-order valence-electron chi connectivity index (χ1n) is 6.58. The number of halogens is 1. The molecule has 0 bridgehead atoms. The zero-order valence-corrected chi connectivity index (χ0v) is 12.6. The van der Waals surface area contributed by atoms with Crippen molar-refractivity contribution in [2.24, 2.45) is 0 Å². The number of nitrogens with one attached hydrogen (secondary N) is 1. The lowest BCUT2D eigenvalue weighted by atomic mass is 10.1. The third-order valence-corrected chi connectivity index (χ3v) is 3.03. The third kappa shape index (κ3) is 5.20. The normalized spacial score (nSPS) is 10.7. The van der Waals surface area contributed by atoms with Gasteiger partial charge in [0.1, 0.15) is 5.82 Å². The number of carbonyl (C=O) groups is 1. The Hall–Kier alpha value is -1.86. The highest BCUT2D eigenvalue weighted by atomic mass is 19.1. The Labute approximate surface area is 124 Å². The molecule has 0 aromatic heterocycles. The Morgan fingerprint density at radius 2 is 2.10 bits per heavy atom. The number of ether oxygens (including phenoxy) is 2. The van der Waals surface area contributed by atoms with Crippen molar-refractivity contribution in [3.05, 3.63) is 23.5 Å². The van der Waals surface area contributed by atoms with Gasteiger partial charge < -0.3 is 25.4 Å². The molecule has 0 atom stereocenters. The van der Waals surface area contributed by atoms with Crippen LogP contribution >= 0.6 is 0 Å². The fourth-order valence-electron chi connectivity index (χ4n) is 1.75. The van der Waals surface area contributed by atoms with Gasteiger partial charge in [0.2, 0.25) is 0 Å². The minimum Gasteiger partial charge on any atom is -0.465 e. The number of likely N-dealkylation sites (N-methyl/N-ethyl adjacent to an activating group) is 1. The molecule has 118 valence electrons. The van der Waals surface area contributed by atoms with Crippen LogP contribution in [0.15, 0.2) is 12.1 Å². The average molecular weight is 299 g/mol. The molecule has 3 N–H and O–H groups in total. The standard InChI is InChI=1S/C14H22FN3O3/c1-18(6-7-20-2)5-4-17-13-8-10(14(19)21-3)12(16)9-11(13)15/h8-9,17H,4-7,16H2,1-3H3. The molecule has 0 saturated carbocycles. The Bertz CT molecular complexity index is 483. The smallest absolute Gasteiger partial charge is 0.340 e. The predicted octanol–water partition coefficient (Wildman–Crippen LogP) is 1.18. The molecule has 0 aliphatic heterocycles. The van der Waals surface area contributed by atoms with Crippen LogP contribution in [0.4, 0.5) is 15.8 Å². The first-order valence-corrected chi connectivity index (χ1v) is 6.58. The van der Waals surface area contributed by atoms with Crippen LogP contribution in [-0.4, -0.2) is 58.4 Å². The summed E-state index contributed by atoms with van der Waals surface area (Å²) in [6.07, 6.45) is 0. The molecule has 1 rings (SSSR count). The largest absolute Gasteiger partial charge is 0.465 e. The summed E-state index contributed by atoms with van der Waals surface area (Å²) in [6, 6.07) is 2.48. The van der Waals surface area contributed by atoms with Crippen LogP contribution in [0, 0.1) is 5.82 Å². The van der Waals surface area contributed by atoms with E-state index < -0.39 is 11.8 Å². The molecule has 7 heteroatoms. The van der Waals surface area contributed by atoms with Gasteiger partial charge in [-0.15, -0.1) is 0 Å². The summed E-state index contributed by atoms with van der Waals surface area (Å²) in [5, 5.41) is 2.95. The fraction of sp³-hybridized carbons (Fsp3) is 0.500. The summed E-state index contributed by atoms with van der Waals surface area (Å²) in [7, 11) is 4.84. The van der Waals surface area contributed by atoms with Crippen LogP contribution in [0.1, 0.15) is 10.4 Å². The molecular formula is C14H22FN3O3. The van der Waals surface area contributed by atoms with Crippen molar-refractivity contribution in [3.8, 4) is 0 Å². The van der Waals surface area contributed by atoms with Gasteiger partial charge in [0.15, 0.2) is 0 Å². The summed E-state index contributed by atoms with van der Waals surface area (Å²) in [4.78, 5) is 13.6. The molecule has 0 radical (unpaired) electrons. The minimum atomic E-state index is -0.590. The van der Waals surface area contributed by atoms with E-state index in [2.05, 4.69) is 10.1 Å². The van der Waals surface area contributed by atoms with E-state index in [1.165, 1.54) is 13.2 Å². The topological polar surface area (TPSA) is 76.8 Å². The Kier molecular flexibility index (Phi) is 6.90. The van der Waals surface area contributed by atoms with Gasteiger partial charge in [-0.2, -0.15) is 0 Å². The zero-order chi connectivity index (χ0) is 15.8. The van der Waals surface area contributed by atoms with Gasteiger partial charge in [-0.25, -0.2) is 9.18 Å². The number of hydrogen-bond acceptors (Lipinski definition) is 6. The second kappa shape index (κ2) is 8.43. The van der Waals surface area contributed by atoms with E-state index >= 15 is 0 Å². The molecule has 0 aliphatic carbocycles. The molecule has 0 saturated heterocycles. The van der Waals surface area contributed by atoms with E-state index in [1.807, 2.05) is 11.9 Å². The molecule has 21 heavy (non-hydrogen) atoms. The maximum absolute atomic E-state index is 13.8. The van der Waals surface area contributed by atoms with Crippen LogP contribution in [0.5, 0.6) is 0 Å². The van der Waals surface area contributed by atoms with Crippen LogP contribution < -0.4 is 11.1 Å². The highest BCUT2D eigenvalue weighted by Crippen LogP contribution is 2.22. The molecule has 6 nitrogen and oxygen atoms in total. The average Bonchev–Trinajstić information content (AvgIpc) is 2.46. The number of hydrogen-bond donors (Lipinski definition) is 2. The Balaban J connectivity index is 2.64. The number of benzene rings is 1. The maximum Gasteiger partial charge on any atom is 0.340 e. The number of nitrogen functional groups attached to an aromatic ring is 1. The molecule has 0 spiro atoms. The summed E-state index contributed by atoms with van der Waals surface area (Å²) in [5.74, 6) is -1.09. The first-order chi connectivity index (χ1) is 9.99. The summed E-state index contributed by atoms with van der Waals surface area (Å²) in [5.41, 5.74) is 6.04. The number of methoxy groups -OCH3 is 2.